The van der Waals surface area contributed by atoms with E-state index < -0.39 is 6.09 Å². The number of carbonyl (C=O) groups excluding carboxylic acids is 2. The largest absolute Gasteiger partial charge is 0.453 e. The number of alkyl carbamates (subject to hydrolysis) is 1. The van der Waals surface area contributed by atoms with Gasteiger partial charge in [0.2, 0.25) is 0 Å². The minimum absolute atomic E-state index is 0.0659. The summed E-state index contributed by atoms with van der Waals surface area (Å²) in [5.74, 6) is -0.149. The minimum atomic E-state index is -0.608. The SMILES string of the molecule is COC(=O)NCC(=O)c1ccc(N2CCOCC2)cc1. The highest BCUT2D eigenvalue weighted by Gasteiger charge is 2.12. The summed E-state index contributed by atoms with van der Waals surface area (Å²) in [7, 11) is 1.26. The highest BCUT2D eigenvalue weighted by molar-refractivity contribution is 5.99. The van der Waals surface area contributed by atoms with Crippen LogP contribution in [0, 0.1) is 0 Å². The highest BCUT2D eigenvalue weighted by atomic mass is 16.5. The summed E-state index contributed by atoms with van der Waals surface area (Å²) in [6.45, 7) is 3.10. The molecule has 0 aromatic heterocycles. The molecular formula is C14H18N2O4. The fourth-order valence-corrected chi connectivity index (χ4v) is 2.01. The van der Waals surface area contributed by atoms with Crippen molar-refractivity contribution in [3.8, 4) is 0 Å². The molecule has 0 bridgehead atoms. The Morgan fingerprint density at radius 2 is 1.90 bits per heavy atom. The molecule has 0 spiro atoms. The van der Waals surface area contributed by atoms with E-state index in [0.717, 1.165) is 32.0 Å². The van der Waals surface area contributed by atoms with Crippen LogP contribution >= 0.6 is 0 Å². The summed E-state index contributed by atoms with van der Waals surface area (Å²) < 4.78 is 9.71. The van der Waals surface area contributed by atoms with Gasteiger partial charge in [-0.05, 0) is 24.3 Å². The van der Waals surface area contributed by atoms with E-state index in [1.165, 1.54) is 7.11 Å². The fourth-order valence-electron chi connectivity index (χ4n) is 2.01. The number of ether oxygens (including phenoxy) is 2. The van der Waals surface area contributed by atoms with Gasteiger partial charge >= 0.3 is 6.09 Å². The van der Waals surface area contributed by atoms with Crippen molar-refractivity contribution in [2.75, 3.05) is 44.9 Å². The number of ketones is 1. The number of anilines is 1. The van der Waals surface area contributed by atoms with Crippen LogP contribution in [0.4, 0.5) is 10.5 Å². The molecule has 1 aromatic rings. The van der Waals surface area contributed by atoms with Crippen molar-refractivity contribution in [2.45, 2.75) is 0 Å². The van der Waals surface area contributed by atoms with Gasteiger partial charge in [0.1, 0.15) is 0 Å². The Labute approximate surface area is 117 Å². The quantitative estimate of drug-likeness (QED) is 0.834. The topological polar surface area (TPSA) is 67.9 Å². The third-order valence-corrected chi connectivity index (χ3v) is 3.14. The van der Waals surface area contributed by atoms with Crippen LogP contribution in [-0.4, -0.2) is 51.8 Å². The molecule has 0 unspecified atom stereocenters. The summed E-state index contributed by atoms with van der Waals surface area (Å²) in [5.41, 5.74) is 1.64. The Balaban J connectivity index is 1.93. The van der Waals surface area contributed by atoms with Crippen LogP contribution in [0.5, 0.6) is 0 Å². The first-order valence-electron chi connectivity index (χ1n) is 6.48. The third kappa shape index (κ3) is 3.71. The Morgan fingerprint density at radius 3 is 2.50 bits per heavy atom. The first-order valence-corrected chi connectivity index (χ1v) is 6.48. The number of Topliss-reactive ketones (excluding diaryl/α,β-unsaturated/α-hetero) is 1. The standard InChI is InChI=1S/C14H18N2O4/c1-19-14(18)15-10-13(17)11-2-4-12(5-3-11)16-6-8-20-9-7-16/h2-5H,6-10H2,1H3,(H,15,18). The van der Waals surface area contributed by atoms with Gasteiger partial charge in [0.05, 0.1) is 26.9 Å². The number of nitrogens with zero attached hydrogens (tertiary/aromatic N) is 1. The predicted octanol–water partition coefficient (Wildman–Crippen LogP) is 1.06. The lowest BCUT2D eigenvalue weighted by Gasteiger charge is -2.28. The van der Waals surface area contributed by atoms with Gasteiger partial charge in [0.15, 0.2) is 5.78 Å². The molecule has 20 heavy (non-hydrogen) atoms. The van der Waals surface area contributed by atoms with E-state index in [9.17, 15) is 9.59 Å². The van der Waals surface area contributed by atoms with E-state index in [1.807, 2.05) is 12.1 Å². The average molecular weight is 278 g/mol. The average Bonchev–Trinajstić information content (AvgIpc) is 2.53. The molecule has 1 aliphatic heterocycles. The summed E-state index contributed by atoms with van der Waals surface area (Å²) in [6, 6.07) is 7.37. The molecule has 1 aromatic carbocycles. The molecule has 1 fully saturated rings. The molecule has 2 rings (SSSR count). The van der Waals surface area contributed by atoms with Gasteiger partial charge in [-0.2, -0.15) is 0 Å². The maximum absolute atomic E-state index is 11.8. The zero-order chi connectivity index (χ0) is 14.4. The molecular weight excluding hydrogens is 260 g/mol. The van der Waals surface area contributed by atoms with E-state index in [-0.39, 0.29) is 12.3 Å². The van der Waals surface area contributed by atoms with Gasteiger partial charge in [-0.15, -0.1) is 0 Å². The second kappa shape index (κ2) is 6.91. The number of amides is 1. The van der Waals surface area contributed by atoms with Gasteiger partial charge in [0.25, 0.3) is 0 Å². The molecule has 6 heteroatoms. The van der Waals surface area contributed by atoms with E-state index in [2.05, 4.69) is 15.0 Å². The predicted molar refractivity (Wildman–Crippen MR) is 74.2 cm³/mol. The Hall–Kier alpha value is -2.08. The van der Waals surface area contributed by atoms with Gasteiger partial charge < -0.3 is 19.7 Å². The van der Waals surface area contributed by atoms with E-state index in [1.54, 1.807) is 12.1 Å². The molecule has 6 nitrogen and oxygen atoms in total. The summed E-state index contributed by atoms with van der Waals surface area (Å²) in [6.07, 6.45) is -0.608. The maximum atomic E-state index is 11.8. The Bertz CT molecular complexity index is 467. The number of hydrogen-bond acceptors (Lipinski definition) is 5. The van der Waals surface area contributed by atoms with Crippen LogP contribution in [-0.2, 0) is 9.47 Å². The third-order valence-electron chi connectivity index (χ3n) is 3.14. The summed E-state index contributed by atoms with van der Waals surface area (Å²) in [4.78, 5) is 25.0. The maximum Gasteiger partial charge on any atom is 0.407 e. The number of methoxy groups -OCH3 is 1. The number of nitrogens with one attached hydrogen (secondary N) is 1. The number of benzene rings is 1. The second-order valence-electron chi connectivity index (χ2n) is 4.41. The monoisotopic (exact) mass is 278 g/mol. The lowest BCUT2D eigenvalue weighted by Crippen LogP contribution is -2.36. The summed E-state index contributed by atoms with van der Waals surface area (Å²) in [5, 5.41) is 2.37. The van der Waals surface area contributed by atoms with Crippen LogP contribution in [0.2, 0.25) is 0 Å². The molecule has 0 atom stereocenters. The Kier molecular flexibility index (Phi) is 4.95. The lowest BCUT2D eigenvalue weighted by molar-refractivity contribution is 0.0983. The van der Waals surface area contributed by atoms with Gasteiger partial charge in [-0.25, -0.2) is 4.79 Å². The van der Waals surface area contributed by atoms with Gasteiger partial charge in [-0.3, -0.25) is 4.79 Å². The number of morpholine rings is 1. The van der Waals surface area contributed by atoms with Gasteiger partial charge in [-0.1, -0.05) is 0 Å². The van der Waals surface area contributed by atoms with Crippen molar-refractivity contribution in [1.29, 1.82) is 0 Å². The molecule has 108 valence electrons. The molecule has 0 saturated carbocycles. The molecule has 1 amide bonds. The fraction of sp³-hybridized carbons (Fsp3) is 0.429. The van der Waals surface area contributed by atoms with Crippen LogP contribution in [0.3, 0.4) is 0 Å². The minimum Gasteiger partial charge on any atom is -0.453 e. The van der Waals surface area contributed by atoms with Crippen LogP contribution in [0.25, 0.3) is 0 Å². The molecule has 0 radical (unpaired) electrons. The zero-order valence-electron chi connectivity index (χ0n) is 11.4. The van der Waals surface area contributed by atoms with Crippen molar-refractivity contribution < 1.29 is 19.1 Å². The number of carbonyl (C=O) groups is 2. The highest BCUT2D eigenvalue weighted by Crippen LogP contribution is 2.16. The van der Waals surface area contributed by atoms with Crippen LogP contribution < -0.4 is 10.2 Å². The molecule has 1 N–H and O–H groups in total. The number of hydrogen-bond donors (Lipinski definition) is 1. The first kappa shape index (κ1) is 14.3. The van der Waals surface area contributed by atoms with Crippen molar-refractivity contribution >= 4 is 17.6 Å². The van der Waals surface area contributed by atoms with Crippen molar-refractivity contribution in [1.82, 2.24) is 5.32 Å². The lowest BCUT2D eigenvalue weighted by atomic mass is 10.1. The van der Waals surface area contributed by atoms with E-state index >= 15 is 0 Å². The van der Waals surface area contributed by atoms with Crippen molar-refractivity contribution in [2.24, 2.45) is 0 Å². The normalized spacial score (nSPS) is 14.8. The smallest absolute Gasteiger partial charge is 0.407 e. The van der Waals surface area contributed by atoms with Crippen LogP contribution in [0.1, 0.15) is 10.4 Å². The molecule has 1 aliphatic rings. The second-order valence-corrected chi connectivity index (χ2v) is 4.41. The molecule has 1 saturated heterocycles. The van der Waals surface area contributed by atoms with E-state index in [0.29, 0.717) is 5.56 Å². The molecule has 0 aliphatic carbocycles. The summed E-state index contributed by atoms with van der Waals surface area (Å²) >= 11 is 0. The van der Waals surface area contributed by atoms with Crippen LogP contribution in [0.15, 0.2) is 24.3 Å². The van der Waals surface area contributed by atoms with E-state index in [4.69, 9.17) is 4.74 Å². The number of rotatable bonds is 4. The first-order chi connectivity index (χ1) is 9.70. The van der Waals surface area contributed by atoms with Gasteiger partial charge in [0, 0.05) is 24.3 Å². The molecule has 1 heterocycles. The zero-order valence-corrected chi connectivity index (χ0v) is 11.4. The van der Waals surface area contributed by atoms with Crippen molar-refractivity contribution in [3.63, 3.8) is 0 Å². The van der Waals surface area contributed by atoms with Crippen molar-refractivity contribution in [3.05, 3.63) is 29.8 Å². The Morgan fingerprint density at radius 1 is 1.25 bits per heavy atom.